The number of rotatable bonds is 7. The largest absolute Gasteiger partial charge is 0.493 e. The molecule has 0 saturated carbocycles. The fourth-order valence-corrected chi connectivity index (χ4v) is 2.29. The molecule has 0 aliphatic rings. The number of esters is 1. The summed E-state index contributed by atoms with van der Waals surface area (Å²) in [6.07, 6.45) is 2.85. The third kappa shape index (κ3) is 5.53. The quantitative estimate of drug-likeness (QED) is 0.541. The fraction of sp³-hybridized carbons (Fsp3) is 0.333. The van der Waals surface area contributed by atoms with Crippen LogP contribution in [0.3, 0.4) is 0 Å². The van der Waals surface area contributed by atoms with Crippen molar-refractivity contribution in [2.75, 3.05) is 7.11 Å². The Bertz CT molecular complexity index is 767. The molecule has 6 nitrogen and oxygen atoms in total. The van der Waals surface area contributed by atoms with Gasteiger partial charge in [0.15, 0.2) is 11.5 Å². The van der Waals surface area contributed by atoms with Gasteiger partial charge < -0.3 is 18.7 Å². The molecule has 7 heteroatoms. The monoisotopic (exact) mass is 365 g/mol. The molecule has 0 radical (unpaired) electrons. The van der Waals surface area contributed by atoms with E-state index in [4.69, 9.17) is 30.3 Å². The molecule has 0 unspecified atom stereocenters. The van der Waals surface area contributed by atoms with E-state index in [-0.39, 0.29) is 12.7 Å². The number of benzene rings is 1. The van der Waals surface area contributed by atoms with Crippen LogP contribution in [0.4, 0.5) is 0 Å². The number of nitrogens with zero attached hydrogens (tertiary/aromatic N) is 1. The number of hydrogen-bond donors (Lipinski definition) is 0. The summed E-state index contributed by atoms with van der Waals surface area (Å²) in [6.45, 7) is 5.61. The smallest absolute Gasteiger partial charge is 0.331 e. The van der Waals surface area contributed by atoms with Gasteiger partial charge in [0.2, 0.25) is 0 Å². The molecule has 1 heterocycles. The molecule has 25 heavy (non-hydrogen) atoms. The van der Waals surface area contributed by atoms with Gasteiger partial charge in [0, 0.05) is 12.1 Å². The molecule has 2 aromatic rings. The van der Waals surface area contributed by atoms with Crippen molar-refractivity contribution in [2.45, 2.75) is 33.5 Å². The van der Waals surface area contributed by atoms with E-state index in [0.29, 0.717) is 33.5 Å². The van der Waals surface area contributed by atoms with Gasteiger partial charge >= 0.3 is 5.97 Å². The van der Waals surface area contributed by atoms with E-state index in [1.54, 1.807) is 31.2 Å². The van der Waals surface area contributed by atoms with E-state index >= 15 is 0 Å². The molecule has 1 aromatic carbocycles. The third-order valence-corrected chi connectivity index (χ3v) is 3.34. The van der Waals surface area contributed by atoms with E-state index in [1.807, 2.05) is 13.8 Å². The zero-order valence-electron chi connectivity index (χ0n) is 14.5. The van der Waals surface area contributed by atoms with Crippen molar-refractivity contribution in [1.29, 1.82) is 0 Å². The normalized spacial score (nSPS) is 11.1. The summed E-state index contributed by atoms with van der Waals surface area (Å²) in [6, 6.07) is 5.12. The minimum Gasteiger partial charge on any atom is -0.493 e. The second kappa shape index (κ2) is 8.58. The van der Waals surface area contributed by atoms with Crippen molar-refractivity contribution in [2.24, 2.45) is 0 Å². The summed E-state index contributed by atoms with van der Waals surface area (Å²) in [7, 11) is 1.53. The van der Waals surface area contributed by atoms with E-state index in [1.165, 1.54) is 13.2 Å². The summed E-state index contributed by atoms with van der Waals surface area (Å²) >= 11 is 6.24. The predicted octanol–water partition coefficient (Wildman–Crippen LogP) is 4.19. The highest BCUT2D eigenvalue weighted by molar-refractivity contribution is 6.32. The molecule has 0 aliphatic carbocycles. The predicted molar refractivity (Wildman–Crippen MR) is 93.8 cm³/mol. The highest BCUT2D eigenvalue weighted by Gasteiger charge is 2.13. The Kier molecular flexibility index (Phi) is 6.47. The van der Waals surface area contributed by atoms with E-state index in [9.17, 15) is 4.79 Å². The van der Waals surface area contributed by atoms with Crippen LogP contribution < -0.4 is 9.47 Å². The van der Waals surface area contributed by atoms with E-state index in [2.05, 4.69) is 5.16 Å². The standard InChI is InChI=1S/C18H20ClNO5/c1-11(2)24-18-15(19)8-13(9-16(18)22-4)5-6-17(21)23-10-14-7-12(3)25-20-14/h5-9,11H,10H2,1-4H3/b6-5+. The Morgan fingerprint density at radius 2 is 2.12 bits per heavy atom. The minimum absolute atomic E-state index is 0.0389. The first-order chi connectivity index (χ1) is 11.9. The van der Waals surface area contributed by atoms with Gasteiger partial charge in [-0.2, -0.15) is 0 Å². The Labute approximate surface area is 151 Å². The van der Waals surface area contributed by atoms with Crippen LogP contribution in [0.1, 0.15) is 30.9 Å². The number of hydrogen-bond acceptors (Lipinski definition) is 6. The summed E-state index contributed by atoms with van der Waals surface area (Å²) in [4.78, 5) is 11.8. The maximum absolute atomic E-state index is 11.8. The number of aromatic nitrogens is 1. The molecule has 0 atom stereocenters. The summed E-state index contributed by atoms with van der Waals surface area (Å²) in [5.41, 5.74) is 1.24. The molecule has 1 aromatic heterocycles. The molecule has 0 spiro atoms. The molecule has 0 N–H and O–H groups in total. The third-order valence-electron chi connectivity index (χ3n) is 3.06. The maximum atomic E-state index is 11.8. The Hall–Kier alpha value is -2.47. The SMILES string of the molecule is COc1cc(/C=C/C(=O)OCc2cc(C)on2)cc(Cl)c1OC(C)C. The first-order valence-electron chi connectivity index (χ1n) is 7.70. The lowest BCUT2D eigenvalue weighted by molar-refractivity contribution is -0.139. The molecule has 2 rings (SSSR count). The van der Waals surface area contributed by atoms with Crippen LogP contribution in [-0.4, -0.2) is 24.3 Å². The average Bonchev–Trinajstić information content (AvgIpc) is 2.98. The number of carbonyl (C=O) groups excluding carboxylic acids is 1. The number of carbonyl (C=O) groups is 1. The lowest BCUT2D eigenvalue weighted by Crippen LogP contribution is -2.07. The first-order valence-corrected chi connectivity index (χ1v) is 8.08. The van der Waals surface area contributed by atoms with E-state index < -0.39 is 5.97 Å². The van der Waals surface area contributed by atoms with Crippen LogP contribution >= 0.6 is 11.6 Å². The van der Waals surface area contributed by atoms with Gasteiger partial charge in [-0.15, -0.1) is 0 Å². The molecular formula is C18H20ClNO5. The highest BCUT2D eigenvalue weighted by atomic mass is 35.5. The van der Waals surface area contributed by atoms with E-state index in [0.717, 1.165) is 0 Å². The molecule has 134 valence electrons. The fourth-order valence-electron chi connectivity index (χ4n) is 2.03. The molecule has 0 saturated heterocycles. The van der Waals surface area contributed by atoms with Crippen LogP contribution in [0.25, 0.3) is 6.08 Å². The van der Waals surface area contributed by atoms with Crippen molar-refractivity contribution < 1.29 is 23.5 Å². The molecule has 0 amide bonds. The van der Waals surface area contributed by atoms with Gasteiger partial charge in [0.1, 0.15) is 18.1 Å². The maximum Gasteiger partial charge on any atom is 0.331 e. The summed E-state index contributed by atoms with van der Waals surface area (Å²) in [5.74, 6) is 1.12. The number of halogens is 1. The molecule has 0 fully saturated rings. The van der Waals surface area contributed by atoms with Gasteiger partial charge in [0.05, 0.1) is 18.2 Å². The first kappa shape index (κ1) is 18.9. The second-order valence-electron chi connectivity index (χ2n) is 5.57. The van der Waals surface area contributed by atoms with Gasteiger partial charge in [-0.1, -0.05) is 16.8 Å². The van der Waals surface area contributed by atoms with Crippen molar-refractivity contribution in [1.82, 2.24) is 5.16 Å². The van der Waals surface area contributed by atoms with Crippen molar-refractivity contribution in [3.05, 3.63) is 46.3 Å². The van der Waals surface area contributed by atoms with Gasteiger partial charge in [-0.05, 0) is 44.5 Å². The summed E-state index contributed by atoms with van der Waals surface area (Å²) in [5, 5.41) is 4.15. The number of ether oxygens (including phenoxy) is 3. The van der Waals surface area contributed by atoms with Crippen LogP contribution in [-0.2, 0) is 16.1 Å². The lowest BCUT2D eigenvalue weighted by atomic mass is 10.2. The van der Waals surface area contributed by atoms with Crippen LogP contribution in [0.5, 0.6) is 11.5 Å². The molecule has 0 bridgehead atoms. The minimum atomic E-state index is -0.502. The summed E-state index contributed by atoms with van der Waals surface area (Å²) < 4.78 is 20.9. The Balaban J connectivity index is 2.04. The Morgan fingerprint density at radius 1 is 1.36 bits per heavy atom. The zero-order chi connectivity index (χ0) is 18.4. The number of aryl methyl sites for hydroxylation is 1. The van der Waals surface area contributed by atoms with Crippen molar-refractivity contribution >= 4 is 23.6 Å². The molecule has 0 aliphatic heterocycles. The topological polar surface area (TPSA) is 70.8 Å². The average molecular weight is 366 g/mol. The van der Waals surface area contributed by atoms with Gasteiger partial charge in [-0.3, -0.25) is 0 Å². The number of methoxy groups -OCH3 is 1. The second-order valence-corrected chi connectivity index (χ2v) is 5.98. The van der Waals surface area contributed by atoms with Gasteiger partial charge in [0.25, 0.3) is 0 Å². The highest BCUT2D eigenvalue weighted by Crippen LogP contribution is 2.37. The van der Waals surface area contributed by atoms with Crippen molar-refractivity contribution in [3.63, 3.8) is 0 Å². The van der Waals surface area contributed by atoms with Crippen LogP contribution in [0.2, 0.25) is 5.02 Å². The van der Waals surface area contributed by atoms with Gasteiger partial charge in [-0.25, -0.2) is 4.79 Å². The van der Waals surface area contributed by atoms with Crippen molar-refractivity contribution in [3.8, 4) is 11.5 Å². The van der Waals surface area contributed by atoms with Crippen LogP contribution in [0, 0.1) is 6.92 Å². The Morgan fingerprint density at radius 3 is 2.72 bits per heavy atom. The molecular weight excluding hydrogens is 346 g/mol. The zero-order valence-corrected chi connectivity index (χ0v) is 15.3. The van der Waals surface area contributed by atoms with Crippen LogP contribution in [0.15, 0.2) is 28.8 Å². The lowest BCUT2D eigenvalue weighted by Gasteiger charge is -2.15.